The molecule has 5 heteroatoms. The molecule has 0 spiro atoms. The van der Waals surface area contributed by atoms with E-state index in [4.69, 9.17) is 4.74 Å². The van der Waals surface area contributed by atoms with Gasteiger partial charge in [-0.15, -0.1) is 0 Å². The number of Topliss-reactive ketones (excluding diaryl/α,β-unsaturated/α-hetero) is 1. The maximum Gasteiger partial charge on any atom is 0.336 e. The van der Waals surface area contributed by atoms with Gasteiger partial charge in [0.05, 0.1) is 12.2 Å². The number of rotatable bonds is 8. The molecular formula is C31H38N2O3. The molecule has 0 fully saturated rings. The van der Waals surface area contributed by atoms with Gasteiger partial charge in [0.15, 0.2) is 5.78 Å². The van der Waals surface area contributed by atoms with Crippen molar-refractivity contribution in [2.75, 3.05) is 24.6 Å². The predicted octanol–water partition coefficient (Wildman–Crippen LogP) is 5.92. The van der Waals surface area contributed by atoms with Crippen molar-refractivity contribution >= 4 is 17.4 Å². The van der Waals surface area contributed by atoms with Gasteiger partial charge < -0.3 is 15.0 Å². The Balaban J connectivity index is 1.67. The van der Waals surface area contributed by atoms with Gasteiger partial charge in [-0.2, -0.15) is 0 Å². The predicted molar refractivity (Wildman–Crippen MR) is 145 cm³/mol. The van der Waals surface area contributed by atoms with Gasteiger partial charge in [-0.05, 0) is 55.9 Å². The number of hydrogen-bond donors (Lipinski definition) is 1. The van der Waals surface area contributed by atoms with E-state index in [1.165, 1.54) is 0 Å². The van der Waals surface area contributed by atoms with E-state index in [-0.39, 0.29) is 17.2 Å². The molecular weight excluding hydrogens is 448 g/mol. The molecule has 1 atom stereocenters. The maximum atomic E-state index is 13.5. The van der Waals surface area contributed by atoms with Crippen LogP contribution in [0, 0.1) is 5.41 Å². The van der Waals surface area contributed by atoms with Crippen LogP contribution in [0.3, 0.4) is 0 Å². The van der Waals surface area contributed by atoms with Crippen LogP contribution in [0.5, 0.6) is 0 Å². The first kappa shape index (κ1) is 25.7. The Morgan fingerprint density at radius 3 is 2.33 bits per heavy atom. The van der Waals surface area contributed by atoms with Crippen LogP contribution in [-0.4, -0.2) is 31.4 Å². The second kappa shape index (κ2) is 10.7. The van der Waals surface area contributed by atoms with E-state index >= 15 is 0 Å². The molecule has 0 aromatic heterocycles. The molecule has 5 nitrogen and oxygen atoms in total. The van der Waals surface area contributed by atoms with Gasteiger partial charge in [0.25, 0.3) is 0 Å². The Labute approximate surface area is 215 Å². The van der Waals surface area contributed by atoms with Crippen LogP contribution < -0.4 is 10.2 Å². The first-order chi connectivity index (χ1) is 17.2. The lowest BCUT2D eigenvalue weighted by atomic mass is 9.68. The molecule has 0 amide bonds. The van der Waals surface area contributed by atoms with Crippen LogP contribution in [0.4, 0.5) is 5.69 Å². The number of esters is 1. The fourth-order valence-corrected chi connectivity index (χ4v) is 5.49. The highest BCUT2D eigenvalue weighted by Gasteiger charge is 2.43. The topological polar surface area (TPSA) is 58.6 Å². The van der Waals surface area contributed by atoms with E-state index in [2.05, 4.69) is 62.2 Å². The Morgan fingerprint density at radius 2 is 1.69 bits per heavy atom. The first-order valence-corrected chi connectivity index (χ1v) is 13.0. The SMILES string of the molecule is CCN(CC)c1ccc([C@H]2C(C(=O)OCCc3ccccc3)=C(C)NC3=C2C(=O)CC(C)(C)C3)cc1. The molecule has 1 aliphatic carbocycles. The molecule has 4 rings (SSSR count). The van der Waals surface area contributed by atoms with Gasteiger partial charge in [0.1, 0.15) is 0 Å². The highest BCUT2D eigenvalue weighted by Crippen LogP contribution is 2.47. The number of allylic oxidation sites excluding steroid dienone is 3. The second-order valence-corrected chi connectivity index (χ2v) is 10.6. The molecule has 2 aromatic rings. The summed E-state index contributed by atoms with van der Waals surface area (Å²) < 4.78 is 5.78. The number of nitrogens with one attached hydrogen (secondary N) is 1. The van der Waals surface area contributed by atoms with Crippen molar-refractivity contribution in [2.24, 2.45) is 5.41 Å². The summed E-state index contributed by atoms with van der Waals surface area (Å²) in [6.45, 7) is 12.6. The number of dihydropyridines is 1. The van der Waals surface area contributed by atoms with Crippen molar-refractivity contribution in [3.05, 3.63) is 88.3 Å². The first-order valence-electron chi connectivity index (χ1n) is 13.0. The van der Waals surface area contributed by atoms with Crippen LogP contribution in [0.15, 0.2) is 77.1 Å². The summed E-state index contributed by atoms with van der Waals surface area (Å²) in [6.07, 6.45) is 1.89. The third-order valence-corrected chi connectivity index (χ3v) is 7.28. The highest BCUT2D eigenvalue weighted by molar-refractivity contribution is 6.04. The third-order valence-electron chi connectivity index (χ3n) is 7.28. The lowest BCUT2D eigenvalue weighted by Gasteiger charge is -2.39. The van der Waals surface area contributed by atoms with Gasteiger partial charge >= 0.3 is 5.97 Å². The minimum absolute atomic E-state index is 0.105. The number of carbonyl (C=O) groups is 2. The largest absolute Gasteiger partial charge is 0.462 e. The van der Waals surface area contributed by atoms with Crippen molar-refractivity contribution in [3.8, 4) is 0 Å². The number of benzene rings is 2. The average Bonchev–Trinajstić information content (AvgIpc) is 2.84. The van der Waals surface area contributed by atoms with E-state index in [0.29, 0.717) is 30.6 Å². The fourth-order valence-electron chi connectivity index (χ4n) is 5.49. The Hall–Kier alpha value is -3.34. The molecule has 190 valence electrons. The molecule has 1 N–H and O–H groups in total. The molecule has 0 saturated carbocycles. The summed E-state index contributed by atoms with van der Waals surface area (Å²) in [4.78, 5) is 29.3. The summed E-state index contributed by atoms with van der Waals surface area (Å²) in [7, 11) is 0. The minimum atomic E-state index is -0.431. The molecule has 0 bridgehead atoms. The summed E-state index contributed by atoms with van der Waals surface area (Å²) >= 11 is 0. The van der Waals surface area contributed by atoms with Crippen LogP contribution in [0.2, 0.25) is 0 Å². The number of nitrogens with zero attached hydrogens (tertiary/aromatic N) is 1. The lowest BCUT2D eigenvalue weighted by Crippen LogP contribution is -2.38. The van der Waals surface area contributed by atoms with Gasteiger partial charge in [0.2, 0.25) is 0 Å². The highest BCUT2D eigenvalue weighted by atomic mass is 16.5. The van der Waals surface area contributed by atoms with Crippen LogP contribution in [-0.2, 0) is 20.7 Å². The zero-order valence-electron chi connectivity index (χ0n) is 22.2. The Morgan fingerprint density at radius 1 is 1.03 bits per heavy atom. The molecule has 1 aliphatic heterocycles. The summed E-state index contributed by atoms with van der Waals surface area (Å²) in [5.41, 5.74) is 6.03. The minimum Gasteiger partial charge on any atom is -0.462 e. The summed E-state index contributed by atoms with van der Waals surface area (Å²) in [6, 6.07) is 18.3. The van der Waals surface area contributed by atoms with E-state index in [1.54, 1.807) is 0 Å². The smallest absolute Gasteiger partial charge is 0.336 e. The molecule has 2 aliphatic rings. The van der Waals surface area contributed by atoms with Crippen molar-refractivity contribution in [1.29, 1.82) is 0 Å². The lowest BCUT2D eigenvalue weighted by molar-refractivity contribution is -0.139. The fraction of sp³-hybridized carbons (Fsp3) is 0.419. The van der Waals surface area contributed by atoms with E-state index < -0.39 is 5.92 Å². The van der Waals surface area contributed by atoms with Crippen molar-refractivity contribution < 1.29 is 14.3 Å². The monoisotopic (exact) mass is 486 g/mol. The number of carbonyl (C=O) groups excluding carboxylic acids is 2. The molecule has 0 radical (unpaired) electrons. The standard InChI is InChI=1S/C31H38N2O3/c1-6-33(7-2)24-15-13-23(14-16-24)28-27(30(35)36-18-17-22-11-9-8-10-12-22)21(3)32-25-19-31(4,5)20-26(34)29(25)28/h8-16,28,32H,6-7,17-20H2,1-5H3/t28-/m0/s1. The van der Waals surface area contributed by atoms with Crippen LogP contribution in [0.1, 0.15) is 64.5 Å². The molecule has 0 saturated heterocycles. The van der Waals surface area contributed by atoms with E-state index in [1.807, 2.05) is 37.3 Å². The zero-order chi connectivity index (χ0) is 25.9. The van der Waals surface area contributed by atoms with Crippen molar-refractivity contribution in [3.63, 3.8) is 0 Å². The average molecular weight is 487 g/mol. The third kappa shape index (κ3) is 5.40. The normalized spacial score (nSPS) is 19.0. The quantitative estimate of drug-likeness (QED) is 0.469. The molecule has 1 heterocycles. The van der Waals surface area contributed by atoms with Crippen LogP contribution in [0.25, 0.3) is 0 Å². The Bertz CT molecular complexity index is 1170. The van der Waals surface area contributed by atoms with E-state index in [0.717, 1.165) is 47.7 Å². The molecule has 36 heavy (non-hydrogen) atoms. The summed E-state index contributed by atoms with van der Waals surface area (Å²) in [5.74, 6) is -0.689. The second-order valence-electron chi connectivity index (χ2n) is 10.6. The molecule has 2 aromatic carbocycles. The number of hydrogen-bond acceptors (Lipinski definition) is 5. The number of anilines is 1. The van der Waals surface area contributed by atoms with Gasteiger partial charge in [0, 0.05) is 54.5 Å². The Kier molecular flexibility index (Phi) is 7.67. The molecule has 0 unspecified atom stereocenters. The summed E-state index contributed by atoms with van der Waals surface area (Å²) in [5, 5.41) is 3.42. The maximum absolute atomic E-state index is 13.5. The van der Waals surface area contributed by atoms with Crippen molar-refractivity contribution in [2.45, 2.75) is 59.8 Å². The van der Waals surface area contributed by atoms with Gasteiger partial charge in [-0.1, -0.05) is 56.3 Å². The zero-order valence-corrected chi connectivity index (χ0v) is 22.2. The van der Waals surface area contributed by atoms with Crippen LogP contribution >= 0.6 is 0 Å². The number of ether oxygens (including phenoxy) is 1. The van der Waals surface area contributed by atoms with E-state index in [9.17, 15) is 9.59 Å². The van der Waals surface area contributed by atoms with Crippen molar-refractivity contribution in [1.82, 2.24) is 5.32 Å². The van der Waals surface area contributed by atoms with Gasteiger partial charge in [-0.3, -0.25) is 4.79 Å². The number of ketones is 1. The van der Waals surface area contributed by atoms with Gasteiger partial charge in [-0.25, -0.2) is 4.79 Å².